The van der Waals surface area contributed by atoms with Gasteiger partial charge in [0.05, 0.1) is 25.2 Å². The first-order valence-electron chi connectivity index (χ1n) is 25.4. The summed E-state index contributed by atoms with van der Waals surface area (Å²) in [5, 5.41) is 23.8. The number of hydrogen-bond acceptors (Lipinski definition) is 5. The van der Waals surface area contributed by atoms with Gasteiger partial charge in [0.1, 0.15) is 6.10 Å². The smallest absolute Gasteiger partial charge is 0.306 e. The highest BCUT2D eigenvalue weighted by atomic mass is 16.5. The molecule has 0 bridgehead atoms. The predicted octanol–water partition coefficient (Wildman–Crippen LogP) is 15.0. The molecule has 3 unspecified atom stereocenters. The highest BCUT2D eigenvalue weighted by Crippen LogP contribution is 2.18. The zero-order valence-corrected chi connectivity index (χ0v) is 38.5. The Kier molecular flexibility index (Phi) is 44.6. The first-order chi connectivity index (χ1) is 28.0. The van der Waals surface area contributed by atoms with E-state index in [-0.39, 0.29) is 24.9 Å². The molecule has 0 aromatic rings. The van der Waals surface area contributed by atoms with E-state index >= 15 is 0 Å². The number of ether oxygens (including phenoxy) is 1. The van der Waals surface area contributed by atoms with E-state index in [1.807, 2.05) is 0 Å². The molecule has 3 N–H and O–H groups in total. The van der Waals surface area contributed by atoms with Crippen LogP contribution < -0.4 is 5.32 Å². The summed E-state index contributed by atoms with van der Waals surface area (Å²) in [6, 6.07) is -0.695. The number of carbonyl (C=O) groups is 2. The van der Waals surface area contributed by atoms with Crippen LogP contribution in [0.3, 0.4) is 0 Å². The van der Waals surface area contributed by atoms with Crippen molar-refractivity contribution in [1.29, 1.82) is 0 Å². The Bertz CT molecular complexity index is 863. The Balaban J connectivity index is 4.49. The van der Waals surface area contributed by atoms with Crippen molar-refractivity contribution in [3.05, 3.63) is 12.2 Å². The topological polar surface area (TPSA) is 95.9 Å². The Labute approximate surface area is 355 Å². The van der Waals surface area contributed by atoms with Crippen LogP contribution in [-0.4, -0.2) is 46.9 Å². The van der Waals surface area contributed by atoms with E-state index in [0.29, 0.717) is 19.3 Å². The third-order valence-corrected chi connectivity index (χ3v) is 11.8. The van der Waals surface area contributed by atoms with E-state index in [2.05, 4.69) is 38.2 Å². The minimum absolute atomic E-state index is 0.0811. The highest BCUT2D eigenvalue weighted by Gasteiger charge is 2.24. The van der Waals surface area contributed by atoms with Crippen LogP contribution in [-0.2, 0) is 14.3 Å². The Morgan fingerprint density at radius 3 is 1.30 bits per heavy atom. The third kappa shape index (κ3) is 41.1. The number of unbranched alkanes of at least 4 members (excludes halogenated alkanes) is 32. The molecule has 0 radical (unpaired) electrons. The maximum absolute atomic E-state index is 13.2. The molecule has 57 heavy (non-hydrogen) atoms. The summed E-state index contributed by atoms with van der Waals surface area (Å²) in [5.41, 5.74) is 0. The zero-order chi connectivity index (χ0) is 41.7. The second-order valence-electron chi connectivity index (χ2n) is 17.6. The molecule has 0 aliphatic heterocycles. The fraction of sp³-hybridized carbons (Fsp3) is 0.922. The van der Waals surface area contributed by atoms with Crippen molar-refractivity contribution in [2.24, 2.45) is 0 Å². The van der Waals surface area contributed by atoms with Crippen molar-refractivity contribution in [1.82, 2.24) is 5.32 Å². The molecule has 6 nitrogen and oxygen atoms in total. The van der Waals surface area contributed by atoms with Gasteiger partial charge in [-0.1, -0.05) is 232 Å². The molecule has 0 saturated carbocycles. The average molecular weight is 806 g/mol. The monoisotopic (exact) mass is 806 g/mol. The second kappa shape index (κ2) is 45.7. The molecule has 0 saturated heterocycles. The van der Waals surface area contributed by atoms with E-state index < -0.39 is 18.2 Å². The van der Waals surface area contributed by atoms with Gasteiger partial charge in [0.2, 0.25) is 5.91 Å². The van der Waals surface area contributed by atoms with Crippen molar-refractivity contribution < 1.29 is 24.5 Å². The molecule has 0 aliphatic carbocycles. The molecule has 3 atom stereocenters. The van der Waals surface area contributed by atoms with Gasteiger partial charge in [0.25, 0.3) is 0 Å². The van der Waals surface area contributed by atoms with Crippen LogP contribution in [0.15, 0.2) is 12.2 Å². The van der Waals surface area contributed by atoms with Crippen molar-refractivity contribution in [3.63, 3.8) is 0 Å². The summed E-state index contributed by atoms with van der Waals surface area (Å²) < 4.78 is 5.92. The van der Waals surface area contributed by atoms with E-state index in [1.54, 1.807) is 0 Å². The maximum atomic E-state index is 13.2. The van der Waals surface area contributed by atoms with Crippen LogP contribution in [0.4, 0.5) is 0 Å². The summed E-state index contributed by atoms with van der Waals surface area (Å²) in [6.07, 6.45) is 49.8. The lowest BCUT2D eigenvalue weighted by Gasteiger charge is -2.24. The molecule has 0 aromatic heterocycles. The quantitative estimate of drug-likeness (QED) is 0.0323. The van der Waals surface area contributed by atoms with Crippen molar-refractivity contribution in [2.75, 3.05) is 6.61 Å². The van der Waals surface area contributed by atoms with Crippen LogP contribution in [0.1, 0.15) is 278 Å². The molecule has 0 rings (SSSR count). The number of allylic oxidation sites excluding steroid dienone is 2. The lowest BCUT2D eigenvalue weighted by molar-refractivity contribution is -0.151. The van der Waals surface area contributed by atoms with Gasteiger partial charge in [0.15, 0.2) is 0 Å². The number of amides is 1. The Morgan fingerprint density at radius 1 is 0.491 bits per heavy atom. The molecule has 1 amide bonds. The van der Waals surface area contributed by atoms with Crippen LogP contribution in [0.25, 0.3) is 0 Å². The predicted molar refractivity (Wildman–Crippen MR) is 246 cm³/mol. The van der Waals surface area contributed by atoms with Gasteiger partial charge < -0.3 is 20.3 Å². The van der Waals surface area contributed by atoms with Crippen molar-refractivity contribution in [2.45, 2.75) is 296 Å². The standard InChI is InChI=1S/C51H99NO5/c1-4-7-10-13-16-19-22-24-25-26-29-31-34-37-40-43-49(54)48(46-53)52-50(55)45-47(42-39-36-33-30-28-23-20-17-14-11-8-5-2)57-51(56)44-41-38-35-32-27-21-18-15-12-9-6-3/h15,18,47-49,53-54H,4-14,16-17,19-46H2,1-3H3,(H,52,55)/b18-15-. The molecule has 6 heteroatoms. The van der Waals surface area contributed by atoms with E-state index in [1.165, 1.54) is 180 Å². The molecule has 0 heterocycles. The van der Waals surface area contributed by atoms with Crippen LogP contribution in [0.5, 0.6) is 0 Å². The normalized spacial score (nSPS) is 13.3. The zero-order valence-electron chi connectivity index (χ0n) is 38.5. The van der Waals surface area contributed by atoms with Gasteiger partial charge >= 0.3 is 5.97 Å². The third-order valence-electron chi connectivity index (χ3n) is 11.8. The number of rotatable bonds is 46. The lowest BCUT2D eigenvalue weighted by atomic mass is 10.0. The van der Waals surface area contributed by atoms with E-state index in [0.717, 1.165) is 51.4 Å². The maximum Gasteiger partial charge on any atom is 0.306 e. The Hall–Kier alpha value is -1.40. The van der Waals surface area contributed by atoms with Gasteiger partial charge in [-0.2, -0.15) is 0 Å². The van der Waals surface area contributed by atoms with Crippen LogP contribution in [0.2, 0.25) is 0 Å². The van der Waals surface area contributed by atoms with Crippen LogP contribution in [0, 0.1) is 0 Å². The lowest BCUT2D eigenvalue weighted by Crippen LogP contribution is -2.46. The first kappa shape index (κ1) is 55.6. The number of hydrogen-bond donors (Lipinski definition) is 3. The van der Waals surface area contributed by atoms with Gasteiger partial charge in [-0.3, -0.25) is 9.59 Å². The molecular weight excluding hydrogens is 707 g/mol. The highest BCUT2D eigenvalue weighted by molar-refractivity contribution is 5.77. The van der Waals surface area contributed by atoms with Gasteiger partial charge in [-0.15, -0.1) is 0 Å². The van der Waals surface area contributed by atoms with Gasteiger partial charge in [-0.05, 0) is 44.9 Å². The second-order valence-corrected chi connectivity index (χ2v) is 17.6. The van der Waals surface area contributed by atoms with Crippen molar-refractivity contribution in [3.8, 4) is 0 Å². The molecule has 0 fully saturated rings. The number of aliphatic hydroxyl groups is 2. The van der Waals surface area contributed by atoms with Crippen molar-refractivity contribution >= 4 is 11.9 Å². The first-order valence-corrected chi connectivity index (χ1v) is 25.4. The Morgan fingerprint density at radius 2 is 0.860 bits per heavy atom. The summed E-state index contributed by atoms with van der Waals surface area (Å²) in [4.78, 5) is 26.0. The molecule has 0 aromatic carbocycles. The minimum atomic E-state index is -0.782. The number of carbonyl (C=O) groups excluding carboxylic acids is 2. The molecule has 0 aliphatic rings. The average Bonchev–Trinajstić information content (AvgIpc) is 3.20. The minimum Gasteiger partial charge on any atom is -0.462 e. The molecule has 338 valence electrons. The molecular formula is C51H99NO5. The fourth-order valence-electron chi connectivity index (χ4n) is 7.94. The summed E-state index contributed by atoms with van der Waals surface area (Å²) in [5.74, 6) is -0.470. The fourth-order valence-corrected chi connectivity index (χ4v) is 7.94. The largest absolute Gasteiger partial charge is 0.462 e. The summed E-state index contributed by atoms with van der Waals surface area (Å²) >= 11 is 0. The summed E-state index contributed by atoms with van der Waals surface area (Å²) in [7, 11) is 0. The number of esters is 1. The van der Waals surface area contributed by atoms with Crippen LogP contribution >= 0.6 is 0 Å². The SMILES string of the molecule is CCCC/C=C\CCCCCCCC(=O)OC(CCCCCCCCCCCCCC)CC(=O)NC(CO)C(O)CCCCCCCCCCCCCCCCC. The van der Waals surface area contributed by atoms with E-state index in [4.69, 9.17) is 4.74 Å². The van der Waals surface area contributed by atoms with Gasteiger partial charge in [-0.25, -0.2) is 0 Å². The molecule has 0 spiro atoms. The summed E-state index contributed by atoms with van der Waals surface area (Å²) in [6.45, 7) is 6.46. The van der Waals surface area contributed by atoms with Gasteiger partial charge in [0, 0.05) is 6.42 Å². The van der Waals surface area contributed by atoms with E-state index in [9.17, 15) is 19.8 Å². The number of aliphatic hydroxyl groups excluding tert-OH is 2. The number of nitrogens with one attached hydrogen (secondary N) is 1.